The molecule has 2 fully saturated rings. The monoisotopic (exact) mass is 379 g/mol. The summed E-state index contributed by atoms with van der Waals surface area (Å²) < 4.78 is 6.11. The highest BCUT2D eigenvalue weighted by Gasteiger charge is 2.43. The molecule has 3 heterocycles. The summed E-state index contributed by atoms with van der Waals surface area (Å²) >= 11 is 0. The summed E-state index contributed by atoms with van der Waals surface area (Å²) in [4.78, 5) is 30.2. The van der Waals surface area contributed by atoms with Gasteiger partial charge in [-0.3, -0.25) is 14.6 Å². The highest BCUT2D eigenvalue weighted by molar-refractivity contribution is 5.88. The smallest absolute Gasteiger partial charge is 0.227 e. The third-order valence-electron chi connectivity index (χ3n) is 5.56. The molecule has 2 aliphatic rings. The van der Waals surface area contributed by atoms with Gasteiger partial charge in [-0.25, -0.2) is 0 Å². The molecule has 28 heavy (non-hydrogen) atoms. The number of ether oxygens (including phenoxy) is 1. The number of hydrogen-bond acceptors (Lipinski definition) is 4. The number of aromatic nitrogens is 1. The van der Waals surface area contributed by atoms with Crippen LogP contribution < -0.4 is 10.1 Å². The maximum absolute atomic E-state index is 13.0. The Morgan fingerprint density at radius 1 is 1.07 bits per heavy atom. The second-order valence-corrected chi connectivity index (χ2v) is 7.64. The summed E-state index contributed by atoms with van der Waals surface area (Å²) in [5, 5.41) is 2.75. The Labute approximate surface area is 164 Å². The van der Waals surface area contributed by atoms with E-state index in [0.29, 0.717) is 6.42 Å². The van der Waals surface area contributed by atoms with Gasteiger partial charge in [0.15, 0.2) is 0 Å². The first-order valence-corrected chi connectivity index (χ1v) is 9.83. The SMILES string of the molecule is CC(=O)Nc1ccc(CC(=O)N2C3CCC2CC(Oc2ccncc2)C3)cc1. The molecule has 2 aromatic rings. The predicted octanol–water partition coefficient (Wildman–Crippen LogP) is 3.18. The first-order chi connectivity index (χ1) is 13.6. The van der Waals surface area contributed by atoms with E-state index in [1.165, 1.54) is 6.92 Å². The molecule has 2 unspecified atom stereocenters. The molecular weight excluding hydrogens is 354 g/mol. The van der Waals surface area contributed by atoms with E-state index in [4.69, 9.17) is 4.74 Å². The molecule has 0 spiro atoms. The predicted molar refractivity (Wildman–Crippen MR) is 106 cm³/mol. The third-order valence-corrected chi connectivity index (χ3v) is 5.56. The van der Waals surface area contributed by atoms with Crippen LogP contribution >= 0.6 is 0 Å². The summed E-state index contributed by atoms with van der Waals surface area (Å²) in [5.74, 6) is 0.929. The lowest BCUT2D eigenvalue weighted by Gasteiger charge is -2.39. The van der Waals surface area contributed by atoms with E-state index in [9.17, 15) is 9.59 Å². The number of nitrogens with one attached hydrogen (secondary N) is 1. The van der Waals surface area contributed by atoms with Gasteiger partial charge in [-0.2, -0.15) is 0 Å². The van der Waals surface area contributed by atoms with Gasteiger partial charge < -0.3 is 15.0 Å². The molecule has 1 aromatic carbocycles. The first-order valence-electron chi connectivity index (χ1n) is 9.83. The van der Waals surface area contributed by atoms with E-state index >= 15 is 0 Å². The summed E-state index contributed by atoms with van der Waals surface area (Å²) in [6.07, 6.45) is 7.88. The van der Waals surface area contributed by atoms with Crippen molar-refractivity contribution in [2.24, 2.45) is 0 Å². The van der Waals surface area contributed by atoms with Crippen molar-refractivity contribution in [1.29, 1.82) is 0 Å². The van der Waals surface area contributed by atoms with Gasteiger partial charge in [-0.05, 0) is 42.7 Å². The first kappa shape index (κ1) is 18.5. The number of pyridine rings is 1. The molecule has 0 radical (unpaired) electrons. The van der Waals surface area contributed by atoms with Crippen LogP contribution in [0.25, 0.3) is 0 Å². The number of hydrogen-bond donors (Lipinski definition) is 1. The molecular formula is C22H25N3O3. The van der Waals surface area contributed by atoms with Crippen molar-refractivity contribution in [2.75, 3.05) is 5.32 Å². The molecule has 2 saturated heterocycles. The fraction of sp³-hybridized carbons (Fsp3) is 0.409. The molecule has 2 bridgehead atoms. The summed E-state index contributed by atoms with van der Waals surface area (Å²) in [6, 6.07) is 11.8. The fourth-order valence-electron chi connectivity index (χ4n) is 4.41. The van der Waals surface area contributed by atoms with E-state index in [2.05, 4.69) is 15.2 Å². The van der Waals surface area contributed by atoms with Gasteiger partial charge >= 0.3 is 0 Å². The van der Waals surface area contributed by atoms with E-state index < -0.39 is 0 Å². The Bertz CT molecular complexity index is 824. The highest BCUT2D eigenvalue weighted by atomic mass is 16.5. The molecule has 1 aromatic heterocycles. The normalized spacial score (nSPS) is 23.3. The van der Waals surface area contributed by atoms with Crippen LogP contribution in [0.3, 0.4) is 0 Å². The van der Waals surface area contributed by atoms with E-state index in [0.717, 1.165) is 42.7 Å². The second-order valence-electron chi connectivity index (χ2n) is 7.64. The van der Waals surface area contributed by atoms with Crippen LogP contribution in [0, 0.1) is 0 Å². The lowest BCUT2D eigenvalue weighted by Crippen LogP contribution is -2.49. The molecule has 2 atom stereocenters. The molecule has 0 aliphatic carbocycles. The molecule has 146 valence electrons. The van der Waals surface area contributed by atoms with Gasteiger partial charge in [0, 0.05) is 49.9 Å². The van der Waals surface area contributed by atoms with Crippen LogP contribution in [0.4, 0.5) is 5.69 Å². The zero-order valence-corrected chi connectivity index (χ0v) is 16.0. The number of nitrogens with zero attached hydrogens (tertiary/aromatic N) is 2. The third kappa shape index (κ3) is 4.16. The van der Waals surface area contributed by atoms with Gasteiger partial charge in [0.1, 0.15) is 11.9 Å². The van der Waals surface area contributed by atoms with Crippen molar-refractivity contribution in [3.63, 3.8) is 0 Å². The largest absolute Gasteiger partial charge is 0.490 e. The topological polar surface area (TPSA) is 71.5 Å². The van der Waals surface area contributed by atoms with Crippen LogP contribution in [0.15, 0.2) is 48.8 Å². The van der Waals surface area contributed by atoms with Gasteiger partial charge in [-0.1, -0.05) is 12.1 Å². The van der Waals surface area contributed by atoms with Crippen LogP contribution in [-0.4, -0.2) is 39.9 Å². The molecule has 0 saturated carbocycles. The van der Waals surface area contributed by atoms with Crippen LogP contribution in [0.2, 0.25) is 0 Å². The number of carbonyl (C=O) groups is 2. The van der Waals surface area contributed by atoms with Crippen molar-refractivity contribution >= 4 is 17.5 Å². The van der Waals surface area contributed by atoms with Crippen LogP contribution in [0.1, 0.15) is 38.2 Å². The highest BCUT2D eigenvalue weighted by Crippen LogP contribution is 2.37. The molecule has 4 rings (SSSR count). The zero-order chi connectivity index (χ0) is 19.5. The number of fused-ring (bicyclic) bond motifs is 2. The van der Waals surface area contributed by atoms with Gasteiger partial charge in [0.05, 0.1) is 6.42 Å². The Morgan fingerprint density at radius 2 is 1.71 bits per heavy atom. The molecule has 1 N–H and O–H groups in total. The molecule has 6 nitrogen and oxygen atoms in total. The second kappa shape index (κ2) is 8.00. The zero-order valence-electron chi connectivity index (χ0n) is 16.0. The van der Waals surface area contributed by atoms with Crippen LogP contribution in [0.5, 0.6) is 5.75 Å². The summed E-state index contributed by atoms with van der Waals surface area (Å²) in [6.45, 7) is 1.48. The van der Waals surface area contributed by atoms with Crippen molar-refractivity contribution < 1.29 is 14.3 Å². The fourth-order valence-corrected chi connectivity index (χ4v) is 4.41. The van der Waals surface area contributed by atoms with Crippen molar-refractivity contribution in [3.05, 3.63) is 54.4 Å². The number of carbonyl (C=O) groups excluding carboxylic acids is 2. The molecule has 6 heteroatoms. The Morgan fingerprint density at radius 3 is 2.32 bits per heavy atom. The molecule has 2 aliphatic heterocycles. The maximum Gasteiger partial charge on any atom is 0.227 e. The lowest BCUT2D eigenvalue weighted by molar-refractivity contribution is -0.136. The van der Waals surface area contributed by atoms with Gasteiger partial charge in [0.2, 0.25) is 11.8 Å². The average molecular weight is 379 g/mol. The quantitative estimate of drug-likeness (QED) is 0.866. The standard InChI is InChI=1S/C22H25N3O3/c1-15(26)24-17-4-2-16(3-5-17)12-22(27)25-18-6-7-19(25)14-21(13-18)28-20-8-10-23-11-9-20/h2-5,8-11,18-19,21H,6-7,12-14H2,1H3,(H,24,26). The maximum atomic E-state index is 13.0. The van der Waals surface area contributed by atoms with Gasteiger partial charge in [-0.15, -0.1) is 0 Å². The van der Waals surface area contributed by atoms with Gasteiger partial charge in [0.25, 0.3) is 0 Å². The van der Waals surface area contributed by atoms with E-state index in [1.807, 2.05) is 36.4 Å². The summed E-state index contributed by atoms with van der Waals surface area (Å²) in [7, 11) is 0. The Hall–Kier alpha value is -2.89. The van der Waals surface area contributed by atoms with E-state index in [-0.39, 0.29) is 30.0 Å². The Kier molecular flexibility index (Phi) is 5.28. The molecule has 2 amide bonds. The summed E-state index contributed by atoms with van der Waals surface area (Å²) in [5.41, 5.74) is 1.71. The minimum absolute atomic E-state index is 0.0998. The van der Waals surface area contributed by atoms with Crippen molar-refractivity contribution in [1.82, 2.24) is 9.88 Å². The number of amides is 2. The minimum atomic E-state index is -0.0998. The number of benzene rings is 1. The van der Waals surface area contributed by atoms with E-state index in [1.54, 1.807) is 12.4 Å². The minimum Gasteiger partial charge on any atom is -0.490 e. The average Bonchev–Trinajstić information content (AvgIpc) is 2.95. The number of anilines is 1. The lowest BCUT2D eigenvalue weighted by atomic mass is 9.98. The van der Waals surface area contributed by atoms with Crippen molar-refractivity contribution in [2.45, 2.75) is 57.2 Å². The number of piperidine rings is 1. The Balaban J connectivity index is 1.36. The van der Waals surface area contributed by atoms with Crippen molar-refractivity contribution in [3.8, 4) is 5.75 Å². The number of rotatable bonds is 5. The van der Waals surface area contributed by atoms with Crippen LogP contribution in [-0.2, 0) is 16.0 Å².